The molecule has 2 amide bonds. The van der Waals surface area contributed by atoms with E-state index in [0.29, 0.717) is 24.5 Å². The van der Waals surface area contributed by atoms with Crippen LogP contribution < -0.4 is 16.0 Å². The van der Waals surface area contributed by atoms with Crippen molar-refractivity contribution >= 4 is 11.8 Å². The van der Waals surface area contributed by atoms with E-state index >= 15 is 0 Å². The summed E-state index contributed by atoms with van der Waals surface area (Å²) in [7, 11) is 0. The van der Waals surface area contributed by atoms with E-state index in [1.54, 1.807) is 18.3 Å². The van der Waals surface area contributed by atoms with E-state index in [1.165, 1.54) is 5.56 Å². The first-order valence-corrected chi connectivity index (χ1v) is 7.80. The monoisotopic (exact) mass is 323 g/mol. The van der Waals surface area contributed by atoms with Crippen molar-refractivity contribution < 1.29 is 4.79 Å². The summed E-state index contributed by atoms with van der Waals surface area (Å²) in [5.41, 5.74) is 2.73. The smallest absolute Gasteiger partial charge is 0.315 e. The third-order valence-corrected chi connectivity index (χ3v) is 3.56. The van der Waals surface area contributed by atoms with Gasteiger partial charge >= 0.3 is 6.03 Å². The molecule has 1 heterocycles. The van der Waals surface area contributed by atoms with Crippen molar-refractivity contribution in [1.82, 2.24) is 15.6 Å². The van der Waals surface area contributed by atoms with Crippen molar-refractivity contribution in [3.05, 3.63) is 59.3 Å². The summed E-state index contributed by atoms with van der Waals surface area (Å²) in [4.78, 5) is 16.0. The number of benzene rings is 1. The van der Waals surface area contributed by atoms with E-state index < -0.39 is 0 Å². The standard InChI is InChI=1S/C18H21N5O/c1-13-5-7-15(8-6-13)14(2)23-18(24)22-11-10-21-17-16(12-19)4-3-9-20-17/h3-9,14H,10-11H2,1-2H3,(H,20,21)(H2,22,23,24)/t14-/m0/s1. The predicted molar refractivity (Wildman–Crippen MR) is 93.6 cm³/mol. The zero-order chi connectivity index (χ0) is 17.4. The summed E-state index contributed by atoms with van der Waals surface area (Å²) in [6.45, 7) is 4.88. The van der Waals surface area contributed by atoms with Gasteiger partial charge in [0.25, 0.3) is 0 Å². The van der Waals surface area contributed by atoms with Gasteiger partial charge < -0.3 is 16.0 Å². The molecule has 6 nitrogen and oxygen atoms in total. The van der Waals surface area contributed by atoms with Gasteiger partial charge in [-0.3, -0.25) is 0 Å². The summed E-state index contributed by atoms with van der Waals surface area (Å²) in [5, 5.41) is 17.7. The Balaban J connectivity index is 1.73. The SMILES string of the molecule is Cc1ccc([C@H](C)NC(=O)NCCNc2ncccc2C#N)cc1. The van der Waals surface area contributed by atoms with Crippen LogP contribution in [0, 0.1) is 18.3 Å². The maximum absolute atomic E-state index is 11.9. The number of carbonyl (C=O) groups excluding carboxylic acids is 1. The molecule has 0 aliphatic rings. The Kier molecular flexibility index (Phi) is 6.15. The Morgan fingerprint density at radius 3 is 2.71 bits per heavy atom. The topological polar surface area (TPSA) is 89.8 Å². The van der Waals surface area contributed by atoms with Crippen molar-refractivity contribution in [3.63, 3.8) is 0 Å². The van der Waals surface area contributed by atoms with Gasteiger partial charge in [0.15, 0.2) is 0 Å². The maximum Gasteiger partial charge on any atom is 0.315 e. The summed E-state index contributed by atoms with van der Waals surface area (Å²) < 4.78 is 0. The molecular weight excluding hydrogens is 302 g/mol. The summed E-state index contributed by atoms with van der Waals surface area (Å²) in [6.07, 6.45) is 1.62. The minimum atomic E-state index is -0.230. The van der Waals surface area contributed by atoms with Crippen molar-refractivity contribution in [2.45, 2.75) is 19.9 Å². The van der Waals surface area contributed by atoms with Crippen LogP contribution in [0.5, 0.6) is 0 Å². The third kappa shape index (κ3) is 4.99. The second-order valence-corrected chi connectivity index (χ2v) is 5.47. The second-order valence-electron chi connectivity index (χ2n) is 5.47. The van der Waals surface area contributed by atoms with Crippen LogP contribution in [0.25, 0.3) is 0 Å². The molecule has 24 heavy (non-hydrogen) atoms. The molecule has 124 valence electrons. The average molecular weight is 323 g/mol. The minimum absolute atomic E-state index is 0.0699. The zero-order valence-electron chi connectivity index (χ0n) is 13.8. The molecule has 0 saturated carbocycles. The normalized spacial score (nSPS) is 11.2. The number of nitrogens with zero attached hydrogens (tertiary/aromatic N) is 2. The molecule has 3 N–H and O–H groups in total. The molecule has 1 aromatic carbocycles. The lowest BCUT2D eigenvalue weighted by atomic mass is 10.1. The third-order valence-electron chi connectivity index (χ3n) is 3.56. The van der Waals surface area contributed by atoms with Gasteiger partial charge in [-0.25, -0.2) is 9.78 Å². The molecule has 0 bridgehead atoms. The number of hydrogen-bond donors (Lipinski definition) is 3. The Morgan fingerprint density at radius 1 is 1.25 bits per heavy atom. The average Bonchev–Trinajstić information content (AvgIpc) is 2.59. The number of rotatable bonds is 6. The minimum Gasteiger partial charge on any atom is -0.367 e. The van der Waals surface area contributed by atoms with Crippen LogP contribution in [-0.2, 0) is 0 Å². The number of nitrogens with one attached hydrogen (secondary N) is 3. The lowest BCUT2D eigenvalue weighted by molar-refractivity contribution is 0.238. The van der Waals surface area contributed by atoms with Crippen LogP contribution in [0.2, 0.25) is 0 Å². The van der Waals surface area contributed by atoms with Crippen LogP contribution in [-0.4, -0.2) is 24.1 Å². The second kappa shape index (κ2) is 8.53. The molecular formula is C18H21N5O. The van der Waals surface area contributed by atoms with E-state index in [-0.39, 0.29) is 12.1 Å². The van der Waals surface area contributed by atoms with Gasteiger partial charge in [0.2, 0.25) is 0 Å². The van der Waals surface area contributed by atoms with E-state index in [2.05, 4.69) is 27.0 Å². The Morgan fingerprint density at radius 2 is 2.00 bits per heavy atom. The van der Waals surface area contributed by atoms with Gasteiger partial charge in [0.05, 0.1) is 11.6 Å². The molecule has 0 aliphatic heterocycles. The highest BCUT2D eigenvalue weighted by molar-refractivity contribution is 5.74. The van der Waals surface area contributed by atoms with Gasteiger partial charge in [0, 0.05) is 19.3 Å². The molecule has 6 heteroatoms. The largest absolute Gasteiger partial charge is 0.367 e. The van der Waals surface area contributed by atoms with Crippen molar-refractivity contribution in [3.8, 4) is 6.07 Å². The first-order chi connectivity index (χ1) is 11.6. The summed E-state index contributed by atoms with van der Waals surface area (Å²) >= 11 is 0. The molecule has 1 atom stereocenters. The maximum atomic E-state index is 11.9. The van der Waals surface area contributed by atoms with E-state index in [4.69, 9.17) is 5.26 Å². The van der Waals surface area contributed by atoms with Gasteiger partial charge in [-0.15, -0.1) is 0 Å². The predicted octanol–water partition coefficient (Wildman–Crippen LogP) is 2.73. The van der Waals surface area contributed by atoms with Crippen LogP contribution in [0.15, 0.2) is 42.6 Å². The molecule has 0 fully saturated rings. The van der Waals surface area contributed by atoms with Gasteiger partial charge in [-0.2, -0.15) is 5.26 Å². The number of aryl methyl sites for hydroxylation is 1. The molecule has 0 spiro atoms. The molecule has 2 rings (SSSR count). The van der Waals surface area contributed by atoms with Gasteiger partial charge in [0.1, 0.15) is 11.9 Å². The fraction of sp³-hybridized carbons (Fsp3) is 0.278. The van der Waals surface area contributed by atoms with Gasteiger partial charge in [-0.1, -0.05) is 29.8 Å². The zero-order valence-corrected chi connectivity index (χ0v) is 13.8. The Hall–Kier alpha value is -3.07. The summed E-state index contributed by atoms with van der Waals surface area (Å²) in [5.74, 6) is 0.523. The first kappa shape index (κ1) is 17.3. The first-order valence-electron chi connectivity index (χ1n) is 7.80. The molecule has 0 aliphatic carbocycles. The number of hydrogen-bond acceptors (Lipinski definition) is 4. The van der Waals surface area contributed by atoms with Crippen molar-refractivity contribution in [2.75, 3.05) is 18.4 Å². The number of pyridine rings is 1. The number of nitriles is 1. The number of urea groups is 1. The van der Waals surface area contributed by atoms with E-state index in [0.717, 1.165) is 5.56 Å². The molecule has 1 aromatic heterocycles. The van der Waals surface area contributed by atoms with E-state index in [9.17, 15) is 4.79 Å². The van der Waals surface area contributed by atoms with Gasteiger partial charge in [-0.05, 0) is 31.5 Å². The van der Waals surface area contributed by atoms with Crippen molar-refractivity contribution in [1.29, 1.82) is 5.26 Å². The molecule has 0 unspecified atom stereocenters. The fourth-order valence-corrected chi connectivity index (χ4v) is 2.18. The van der Waals surface area contributed by atoms with Crippen molar-refractivity contribution in [2.24, 2.45) is 0 Å². The van der Waals surface area contributed by atoms with Crippen LogP contribution in [0.1, 0.15) is 29.7 Å². The van der Waals surface area contributed by atoms with Crippen LogP contribution in [0.4, 0.5) is 10.6 Å². The summed E-state index contributed by atoms with van der Waals surface area (Å²) in [6, 6.07) is 13.2. The lowest BCUT2D eigenvalue weighted by Crippen LogP contribution is -2.39. The highest BCUT2D eigenvalue weighted by atomic mass is 16.2. The fourth-order valence-electron chi connectivity index (χ4n) is 2.18. The lowest BCUT2D eigenvalue weighted by Gasteiger charge is -2.15. The number of carbonyl (C=O) groups is 1. The number of amides is 2. The Bertz CT molecular complexity index is 721. The highest BCUT2D eigenvalue weighted by Crippen LogP contribution is 2.12. The Labute approximate surface area is 141 Å². The number of anilines is 1. The highest BCUT2D eigenvalue weighted by Gasteiger charge is 2.08. The van der Waals surface area contributed by atoms with Crippen LogP contribution in [0.3, 0.4) is 0 Å². The molecule has 0 saturated heterocycles. The number of aromatic nitrogens is 1. The van der Waals surface area contributed by atoms with E-state index in [1.807, 2.05) is 38.1 Å². The molecule has 0 radical (unpaired) electrons. The molecule has 2 aromatic rings. The quantitative estimate of drug-likeness (QED) is 0.713. The van der Waals surface area contributed by atoms with Crippen LogP contribution >= 0.6 is 0 Å².